The first-order chi connectivity index (χ1) is 8.75. The third-order valence-corrected chi connectivity index (χ3v) is 5.33. The molecule has 96 valence electrons. The van der Waals surface area contributed by atoms with E-state index >= 15 is 0 Å². The molecule has 18 heavy (non-hydrogen) atoms. The average molecular weight is 259 g/mol. The molecule has 1 aliphatic carbocycles. The van der Waals surface area contributed by atoms with Crippen LogP contribution in [-0.2, 0) is 0 Å². The van der Waals surface area contributed by atoms with Gasteiger partial charge in [0.05, 0.1) is 0 Å². The maximum atomic E-state index is 6.56. The predicted octanol–water partition coefficient (Wildman–Crippen LogP) is 4.73. The van der Waals surface area contributed by atoms with Crippen LogP contribution >= 0.6 is 11.3 Å². The topological polar surface area (TPSA) is 26.0 Å². The first kappa shape index (κ1) is 12.2. The molecular formula is C16H21NS. The number of benzene rings is 1. The van der Waals surface area contributed by atoms with Crippen molar-refractivity contribution in [1.82, 2.24) is 0 Å². The van der Waals surface area contributed by atoms with Crippen LogP contribution in [0.15, 0.2) is 29.6 Å². The van der Waals surface area contributed by atoms with Crippen molar-refractivity contribution in [3.8, 4) is 0 Å². The van der Waals surface area contributed by atoms with Gasteiger partial charge in [-0.2, -0.15) is 0 Å². The number of thiophene rings is 1. The number of rotatable bonds is 2. The molecule has 0 bridgehead atoms. The van der Waals surface area contributed by atoms with Crippen molar-refractivity contribution in [2.75, 3.05) is 0 Å². The molecule has 0 radical (unpaired) electrons. The fourth-order valence-corrected chi connectivity index (χ4v) is 4.30. The van der Waals surface area contributed by atoms with Gasteiger partial charge in [-0.25, -0.2) is 0 Å². The van der Waals surface area contributed by atoms with Gasteiger partial charge in [0.15, 0.2) is 0 Å². The van der Waals surface area contributed by atoms with E-state index in [0.29, 0.717) is 5.92 Å². The van der Waals surface area contributed by atoms with E-state index in [1.54, 1.807) is 0 Å². The van der Waals surface area contributed by atoms with Crippen LogP contribution in [0, 0.1) is 11.8 Å². The Bertz CT molecular complexity index is 531. The van der Waals surface area contributed by atoms with Crippen molar-refractivity contribution in [3.05, 3.63) is 35.2 Å². The van der Waals surface area contributed by atoms with E-state index in [4.69, 9.17) is 5.73 Å². The number of fused-ring (bicyclic) bond motifs is 1. The van der Waals surface area contributed by atoms with Crippen molar-refractivity contribution < 1.29 is 0 Å². The summed E-state index contributed by atoms with van der Waals surface area (Å²) in [5.41, 5.74) is 7.93. The highest BCUT2D eigenvalue weighted by Gasteiger charge is 2.26. The van der Waals surface area contributed by atoms with Crippen LogP contribution in [0.3, 0.4) is 0 Å². The Morgan fingerprint density at radius 2 is 2.17 bits per heavy atom. The lowest BCUT2D eigenvalue weighted by atomic mass is 9.77. The van der Waals surface area contributed by atoms with Gasteiger partial charge in [-0.15, -0.1) is 11.3 Å². The Balaban J connectivity index is 1.91. The van der Waals surface area contributed by atoms with Gasteiger partial charge in [0.25, 0.3) is 0 Å². The van der Waals surface area contributed by atoms with Gasteiger partial charge in [-0.1, -0.05) is 38.0 Å². The smallest absolute Gasteiger partial charge is 0.0390 e. The lowest BCUT2D eigenvalue weighted by Crippen LogP contribution is -2.26. The summed E-state index contributed by atoms with van der Waals surface area (Å²) < 4.78 is 1.39. The molecule has 1 nitrogen and oxygen atoms in total. The molecule has 1 aromatic carbocycles. The fraction of sp³-hybridized carbons (Fsp3) is 0.500. The number of nitrogens with two attached hydrogens (primary N) is 1. The maximum Gasteiger partial charge on any atom is 0.0390 e. The van der Waals surface area contributed by atoms with Crippen LogP contribution < -0.4 is 5.73 Å². The Kier molecular flexibility index (Phi) is 3.40. The zero-order valence-corrected chi connectivity index (χ0v) is 11.7. The van der Waals surface area contributed by atoms with Gasteiger partial charge in [-0.3, -0.25) is 0 Å². The lowest BCUT2D eigenvalue weighted by molar-refractivity contribution is 0.249. The highest BCUT2D eigenvalue weighted by atomic mass is 32.1. The Labute approximate surface area is 113 Å². The van der Waals surface area contributed by atoms with Gasteiger partial charge in [0.1, 0.15) is 0 Å². The quantitative estimate of drug-likeness (QED) is 0.829. The molecule has 1 saturated carbocycles. The van der Waals surface area contributed by atoms with E-state index in [-0.39, 0.29) is 6.04 Å². The molecule has 2 heteroatoms. The summed E-state index contributed by atoms with van der Waals surface area (Å²) in [6, 6.07) is 8.97. The first-order valence-electron chi connectivity index (χ1n) is 6.97. The minimum atomic E-state index is 0.218. The standard InChI is InChI=1S/C16H21NS/c1-11-4-2-6-13(10-11)15(17)14-7-3-5-12-8-9-18-16(12)14/h3,5,7-9,11,13,15H,2,4,6,10,17H2,1H3. The predicted molar refractivity (Wildman–Crippen MR) is 79.9 cm³/mol. The average Bonchev–Trinajstić information content (AvgIpc) is 2.86. The third kappa shape index (κ3) is 2.19. The van der Waals surface area contributed by atoms with Crippen LogP contribution in [0.1, 0.15) is 44.2 Å². The second-order valence-corrected chi connectivity index (χ2v) is 6.66. The normalized spacial score (nSPS) is 26.3. The molecule has 2 aromatic rings. The van der Waals surface area contributed by atoms with Gasteiger partial charge in [0.2, 0.25) is 0 Å². The number of hydrogen-bond acceptors (Lipinski definition) is 2. The molecular weight excluding hydrogens is 238 g/mol. The second-order valence-electron chi connectivity index (χ2n) is 5.74. The summed E-state index contributed by atoms with van der Waals surface area (Å²) in [5, 5.41) is 3.52. The van der Waals surface area contributed by atoms with E-state index in [9.17, 15) is 0 Å². The van der Waals surface area contributed by atoms with Crippen LogP contribution in [0.25, 0.3) is 10.1 Å². The summed E-state index contributed by atoms with van der Waals surface area (Å²) in [6.07, 6.45) is 5.32. The van der Waals surface area contributed by atoms with Crippen LogP contribution in [0.4, 0.5) is 0 Å². The lowest BCUT2D eigenvalue weighted by Gasteiger charge is -2.31. The van der Waals surface area contributed by atoms with Gasteiger partial charge in [0, 0.05) is 10.7 Å². The van der Waals surface area contributed by atoms with Gasteiger partial charge < -0.3 is 5.73 Å². The van der Waals surface area contributed by atoms with Gasteiger partial charge in [-0.05, 0) is 47.1 Å². The number of hydrogen-bond donors (Lipinski definition) is 1. The molecule has 3 unspecified atom stereocenters. The van der Waals surface area contributed by atoms with Crippen LogP contribution in [0.5, 0.6) is 0 Å². The van der Waals surface area contributed by atoms with Crippen molar-refractivity contribution in [2.45, 2.75) is 38.6 Å². The van der Waals surface area contributed by atoms with Crippen molar-refractivity contribution in [2.24, 2.45) is 17.6 Å². The van der Waals surface area contributed by atoms with E-state index in [1.807, 2.05) is 11.3 Å². The Morgan fingerprint density at radius 3 is 3.00 bits per heavy atom. The second kappa shape index (κ2) is 5.02. The minimum absolute atomic E-state index is 0.218. The van der Waals surface area contributed by atoms with E-state index in [0.717, 1.165) is 5.92 Å². The highest BCUT2D eigenvalue weighted by Crippen LogP contribution is 2.38. The summed E-state index contributed by atoms with van der Waals surface area (Å²) >= 11 is 1.83. The molecule has 1 heterocycles. The SMILES string of the molecule is CC1CCCC(C(N)c2cccc3ccsc23)C1. The molecule has 2 N–H and O–H groups in total. The monoisotopic (exact) mass is 259 g/mol. The molecule has 1 aliphatic rings. The Morgan fingerprint density at radius 1 is 1.28 bits per heavy atom. The molecule has 0 aliphatic heterocycles. The molecule has 0 spiro atoms. The summed E-state index contributed by atoms with van der Waals surface area (Å²) in [6.45, 7) is 2.37. The van der Waals surface area contributed by atoms with E-state index in [2.05, 4.69) is 36.6 Å². The third-order valence-electron chi connectivity index (χ3n) is 4.35. The molecule has 3 rings (SSSR count). The summed E-state index contributed by atoms with van der Waals surface area (Å²) in [4.78, 5) is 0. The Hall–Kier alpha value is -0.860. The highest BCUT2D eigenvalue weighted by molar-refractivity contribution is 7.17. The zero-order chi connectivity index (χ0) is 12.5. The molecule has 3 atom stereocenters. The summed E-state index contributed by atoms with van der Waals surface area (Å²) in [7, 11) is 0. The van der Waals surface area contributed by atoms with Crippen molar-refractivity contribution >= 4 is 21.4 Å². The van der Waals surface area contributed by atoms with Crippen molar-refractivity contribution in [1.29, 1.82) is 0 Å². The molecule has 1 aromatic heterocycles. The molecule has 0 saturated heterocycles. The maximum absolute atomic E-state index is 6.56. The van der Waals surface area contributed by atoms with Crippen LogP contribution in [0.2, 0.25) is 0 Å². The molecule has 1 fully saturated rings. The van der Waals surface area contributed by atoms with Crippen molar-refractivity contribution in [3.63, 3.8) is 0 Å². The minimum Gasteiger partial charge on any atom is -0.324 e. The fourth-order valence-electron chi connectivity index (χ4n) is 3.34. The first-order valence-corrected chi connectivity index (χ1v) is 7.85. The largest absolute Gasteiger partial charge is 0.324 e. The van der Waals surface area contributed by atoms with E-state index < -0.39 is 0 Å². The molecule has 0 amide bonds. The zero-order valence-electron chi connectivity index (χ0n) is 10.9. The van der Waals surface area contributed by atoms with Gasteiger partial charge >= 0.3 is 0 Å². The van der Waals surface area contributed by atoms with Crippen LogP contribution in [-0.4, -0.2) is 0 Å². The summed E-state index contributed by atoms with van der Waals surface area (Å²) in [5.74, 6) is 1.51. The van der Waals surface area contributed by atoms with E-state index in [1.165, 1.54) is 41.3 Å².